The van der Waals surface area contributed by atoms with E-state index < -0.39 is 35.9 Å². The van der Waals surface area contributed by atoms with Crippen molar-refractivity contribution in [2.75, 3.05) is 18.4 Å². The smallest absolute Gasteiger partial charge is 0.318 e. The number of para-hydroxylation sites is 1. The van der Waals surface area contributed by atoms with Crippen LogP contribution >= 0.6 is 0 Å². The summed E-state index contributed by atoms with van der Waals surface area (Å²) in [5, 5.41) is 2.51. The van der Waals surface area contributed by atoms with Crippen molar-refractivity contribution in [2.24, 2.45) is 7.05 Å². The van der Waals surface area contributed by atoms with Crippen LogP contribution in [0, 0.1) is 6.92 Å². The summed E-state index contributed by atoms with van der Waals surface area (Å²) in [4.78, 5) is 64.6. The van der Waals surface area contributed by atoms with Crippen LogP contribution in [0.25, 0.3) is 5.69 Å². The molecule has 1 aromatic carbocycles. The summed E-state index contributed by atoms with van der Waals surface area (Å²) in [6.45, 7) is 1.13. The van der Waals surface area contributed by atoms with Gasteiger partial charge < -0.3 is 5.32 Å². The molecule has 1 N–H and O–H groups in total. The van der Waals surface area contributed by atoms with Gasteiger partial charge in [-0.25, -0.2) is 14.4 Å². The number of carbonyl (C=O) groups is 4. The minimum atomic E-state index is -1.04. The highest BCUT2D eigenvalue weighted by Crippen LogP contribution is 2.22. The number of aromatic nitrogens is 2. The van der Waals surface area contributed by atoms with E-state index >= 15 is 0 Å². The molecule has 0 radical (unpaired) electrons. The molecule has 1 fully saturated rings. The number of carbonyl (C=O) groups excluding carboxylic acids is 4. The fourth-order valence-corrected chi connectivity index (χ4v) is 4.31. The minimum absolute atomic E-state index is 0.0443. The second-order valence-corrected chi connectivity index (χ2v) is 8.47. The average molecular weight is 466 g/mol. The van der Waals surface area contributed by atoms with Crippen LogP contribution in [-0.2, 0) is 21.4 Å². The van der Waals surface area contributed by atoms with Gasteiger partial charge in [0, 0.05) is 13.6 Å². The van der Waals surface area contributed by atoms with Crippen LogP contribution in [0.2, 0.25) is 0 Å². The molecular formula is C24H27N5O5. The molecule has 34 heavy (non-hydrogen) atoms. The molecule has 2 aliphatic rings. The molecule has 0 spiro atoms. The van der Waals surface area contributed by atoms with E-state index in [0.717, 1.165) is 30.6 Å². The zero-order chi connectivity index (χ0) is 24.4. The lowest BCUT2D eigenvalue weighted by Crippen LogP contribution is -2.39. The van der Waals surface area contributed by atoms with Crippen molar-refractivity contribution in [1.82, 2.24) is 19.2 Å². The number of hydrogen-bond acceptors (Lipinski definition) is 5. The highest BCUT2D eigenvalue weighted by Gasteiger charge is 2.45. The first-order valence-corrected chi connectivity index (χ1v) is 11.3. The first-order valence-electron chi connectivity index (χ1n) is 11.3. The lowest BCUT2D eigenvalue weighted by Gasteiger charge is -2.17. The number of hydrogen-bond donors (Lipinski definition) is 1. The van der Waals surface area contributed by atoms with Gasteiger partial charge in [-0.2, -0.15) is 0 Å². The predicted octanol–water partition coefficient (Wildman–Crippen LogP) is 2.10. The van der Waals surface area contributed by atoms with Gasteiger partial charge in [0.05, 0.1) is 11.4 Å². The Bertz CT molecular complexity index is 1240. The van der Waals surface area contributed by atoms with Crippen molar-refractivity contribution >= 4 is 29.4 Å². The summed E-state index contributed by atoms with van der Waals surface area (Å²) in [5.41, 5.74) is 1.89. The fourth-order valence-electron chi connectivity index (χ4n) is 4.31. The summed E-state index contributed by atoms with van der Waals surface area (Å²) in [6.07, 6.45) is 6.74. The van der Waals surface area contributed by atoms with Crippen LogP contribution < -0.4 is 10.9 Å². The molecule has 1 aliphatic carbocycles. The van der Waals surface area contributed by atoms with Gasteiger partial charge in [0.15, 0.2) is 0 Å². The zero-order valence-corrected chi connectivity index (χ0v) is 19.2. The van der Waals surface area contributed by atoms with Crippen molar-refractivity contribution in [2.45, 2.75) is 39.0 Å². The van der Waals surface area contributed by atoms with E-state index in [0.29, 0.717) is 22.7 Å². The molecule has 1 aliphatic heterocycles. The number of nitrogens with one attached hydrogen (secondary N) is 1. The zero-order valence-electron chi connectivity index (χ0n) is 19.2. The molecule has 10 heteroatoms. The molecule has 1 saturated heterocycles. The monoisotopic (exact) mass is 465 g/mol. The van der Waals surface area contributed by atoms with Gasteiger partial charge in [-0.3, -0.25) is 28.8 Å². The van der Waals surface area contributed by atoms with E-state index in [4.69, 9.17) is 0 Å². The maximum atomic E-state index is 13.0. The molecule has 2 heterocycles. The third kappa shape index (κ3) is 4.30. The summed E-state index contributed by atoms with van der Waals surface area (Å²) in [5.74, 6) is -2.71. The quantitative estimate of drug-likeness (QED) is 0.382. The molecular weight excluding hydrogens is 438 g/mol. The van der Waals surface area contributed by atoms with Crippen LogP contribution in [-0.4, -0.2) is 56.0 Å². The number of imide groups is 2. The van der Waals surface area contributed by atoms with Crippen molar-refractivity contribution < 1.29 is 19.2 Å². The van der Waals surface area contributed by atoms with Gasteiger partial charge >= 0.3 is 17.8 Å². The topological polar surface area (TPSA) is 114 Å². The van der Waals surface area contributed by atoms with Crippen molar-refractivity contribution in [3.8, 4) is 5.69 Å². The number of urea groups is 1. The van der Waals surface area contributed by atoms with Gasteiger partial charge in [-0.05, 0) is 51.2 Å². The Hall–Kier alpha value is -3.95. The molecule has 5 amide bonds. The molecule has 178 valence electrons. The number of anilines is 1. The Balaban J connectivity index is 1.45. The number of rotatable bonds is 7. The van der Waals surface area contributed by atoms with Gasteiger partial charge in [0.25, 0.3) is 5.56 Å². The normalized spacial score (nSPS) is 16.3. The van der Waals surface area contributed by atoms with E-state index in [1.165, 1.54) is 10.3 Å². The van der Waals surface area contributed by atoms with Crippen molar-refractivity contribution in [1.29, 1.82) is 0 Å². The summed E-state index contributed by atoms with van der Waals surface area (Å²) >= 11 is 0. The van der Waals surface area contributed by atoms with Gasteiger partial charge in [-0.15, -0.1) is 0 Å². The number of amides is 5. The maximum Gasteiger partial charge on any atom is 0.334 e. The molecule has 0 bridgehead atoms. The second kappa shape index (κ2) is 9.50. The molecule has 0 atom stereocenters. The van der Waals surface area contributed by atoms with E-state index in [1.54, 1.807) is 42.9 Å². The molecule has 4 rings (SSSR count). The lowest BCUT2D eigenvalue weighted by atomic mass is 9.97. The SMILES string of the molecule is Cc1c(NC(=O)CN2C(=O)C(=O)N(CCC3=CCCCC3)C2=O)c(=O)n(-c2ccccc2)n1C. The van der Waals surface area contributed by atoms with Gasteiger partial charge in [0.1, 0.15) is 12.2 Å². The number of nitrogens with zero attached hydrogens (tertiary/aromatic N) is 4. The second-order valence-electron chi connectivity index (χ2n) is 8.47. The number of benzene rings is 1. The number of allylic oxidation sites excluding steroid dienone is 1. The Morgan fingerprint density at radius 3 is 2.38 bits per heavy atom. The third-order valence-electron chi connectivity index (χ3n) is 6.30. The minimum Gasteiger partial charge on any atom is -0.318 e. The summed E-state index contributed by atoms with van der Waals surface area (Å²) in [7, 11) is 1.69. The van der Waals surface area contributed by atoms with Crippen LogP contribution in [0.15, 0.2) is 46.8 Å². The van der Waals surface area contributed by atoms with Crippen LogP contribution in [0.5, 0.6) is 0 Å². The average Bonchev–Trinajstić information content (AvgIpc) is 3.17. The van der Waals surface area contributed by atoms with Crippen LogP contribution in [0.3, 0.4) is 0 Å². The first-order chi connectivity index (χ1) is 16.3. The van der Waals surface area contributed by atoms with Crippen molar-refractivity contribution in [3.05, 3.63) is 58.0 Å². The highest BCUT2D eigenvalue weighted by molar-refractivity contribution is 6.45. The molecule has 0 saturated carbocycles. The fraction of sp³-hybridized carbons (Fsp3) is 0.375. The summed E-state index contributed by atoms with van der Waals surface area (Å²) < 4.78 is 3.01. The predicted molar refractivity (Wildman–Crippen MR) is 124 cm³/mol. The maximum absolute atomic E-state index is 13.0. The first kappa shape index (κ1) is 23.2. The van der Waals surface area contributed by atoms with Gasteiger partial charge in [0.2, 0.25) is 5.91 Å². The standard InChI is InChI=1S/C24H27N5O5/c1-16-20(21(31)29(26(16)2)18-11-7-4-8-12-18)25-19(30)15-28-23(33)22(32)27(24(28)34)14-13-17-9-5-3-6-10-17/h4,7-9,11-12H,3,5-6,10,13-15H2,1-2H3,(H,25,30). The molecule has 0 unspecified atom stereocenters. The summed E-state index contributed by atoms with van der Waals surface area (Å²) in [6, 6.07) is 8.12. The van der Waals surface area contributed by atoms with Crippen molar-refractivity contribution in [3.63, 3.8) is 0 Å². The Labute approximate surface area is 196 Å². The Morgan fingerprint density at radius 1 is 1.00 bits per heavy atom. The largest absolute Gasteiger partial charge is 0.334 e. The van der Waals surface area contributed by atoms with E-state index in [9.17, 15) is 24.0 Å². The molecule has 10 nitrogen and oxygen atoms in total. The van der Waals surface area contributed by atoms with E-state index in [2.05, 4.69) is 11.4 Å². The third-order valence-corrected chi connectivity index (χ3v) is 6.30. The molecule has 2 aromatic rings. The Kier molecular flexibility index (Phi) is 6.49. The van der Waals surface area contributed by atoms with E-state index in [-0.39, 0.29) is 12.2 Å². The van der Waals surface area contributed by atoms with Crippen LogP contribution in [0.1, 0.15) is 37.8 Å². The lowest BCUT2D eigenvalue weighted by molar-refractivity contribution is -0.143. The molecule has 1 aromatic heterocycles. The van der Waals surface area contributed by atoms with E-state index in [1.807, 2.05) is 6.07 Å². The van der Waals surface area contributed by atoms with Gasteiger partial charge in [-0.1, -0.05) is 29.8 Å². The highest BCUT2D eigenvalue weighted by atomic mass is 16.2. The Morgan fingerprint density at radius 2 is 1.71 bits per heavy atom. The van der Waals surface area contributed by atoms with Crippen LogP contribution in [0.4, 0.5) is 10.5 Å².